The molecule has 0 unspecified atom stereocenters. The maximum absolute atomic E-state index is 13.2. The first kappa shape index (κ1) is 18.3. The number of halogens is 1. The van der Waals surface area contributed by atoms with Gasteiger partial charge in [0, 0.05) is 18.4 Å². The summed E-state index contributed by atoms with van der Waals surface area (Å²) < 4.78 is 19.5. The summed E-state index contributed by atoms with van der Waals surface area (Å²) in [5, 5.41) is 0. The zero-order valence-corrected chi connectivity index (χ0v) is 15.1. The van der Waals surface area contributed by atoms with Crippen LogP contribution in [0, 0.1) is 12.7 Å². The molecule has 1 aliphatic rings. The fraction of sp³-hybridized carbons (Fsp3) is 0.400. The summed E-state index contributed by atoms with van der Waals surface area (Å²) in [4.78, 5) is 27.4. The minimum atomic E-state index is -0.647. The molecule has 1 aliphatic heterocycles. The van der Waals surface area contributed by atoms with Crippen molar-refractivity contribution in [2.75, 3.05) is 26.7 Å². The number of pyridine rings is 1. The molecule has 0 atom stereocenters. The molecule has 1 aromatic heterocycles. The van der Waals surface area contributed by atoms with Crippen LogP contribution in [0.2, 0.25) is 0 Å². The Hall–Kier alpha value is -2.47. The van der Waals surface area contributed by atoms with Crippen LogP contribution in [0.5, 0.6) is 0 Å². The first-order valence-corrected chi connectivity index (χ1v) is 8.83. The topological polar surface area (TPSA) is 51.5 Å². The Kier molecular flexibility index (Phi) is 5.52. The molecule has 138 valence electrons. The van der Waals surface area contributed by atoms with Crippen LogP contribution in [0.3, 0.4) is 0 Å². The van der Waals surface area contributed by atoms with E-state index in [0.717, 1.165) is 31.6 Å². The number of rotatable bonds is 5. The maximum Gasteiger partial charge on any atom is 0.343 e. The van der Waals surface area contributed by atoms with Gasteiger partial charge < -0.3 is 9.64 Å². The number of nitrogens with zero attached hydrogens (tertiary/aromatic N) is 2. The molecule has 5 nitrogen and oxygen atoms in total. The number of hydrogen-bond acceptors (Lipinski definition) is 4. The molecular formula is C20H23FN2O3. The van der Waals surface area contributed by atoms with E-state index in [1.807, 2.05) is 0 Å². The van der Waals surface area contributed by atoms with Crippen LogP contribution in [0.15, 0.2) is 35.3 Å². The van der Waals surface area contributed by atoms with E-state index >= 15 is 0 Å². The summed E-state index contributed by atoms with van der Waals surface area (Å²) >= 11 is 0. The Morgan fingerprint density at radius 2 is 1.85 bits per heavy atom. The average Bonchev–Trinajstić information content (AvgIpc) is 3.15. The van der Waals surface area contributed by atoms with Gasteiger partial charge in [0.25, 0.3) is 5.56 Å². The van der Waals surface area contributed by atoms with E-state index in [-0.39, 0.29) is 11.4 Å². The highest BCUT2D eigenvalue weighted by atomic mass is 19.1. The molecule has 26 heavy (non-hydrogen) atoms. The molecule has 0 spiro atoms. The van der Waals surface area contributed by atoms with E-state index in [1.165, 1.54) is 48.8 Å². The van der Waals surface area contributed by atoms with E-state index in [4.69, 9.17) is 4.74 Å². The van der Waals surface area contributed by atoms with Crippen molar-refractivity contribution >= 4 is 5.97 Å². The Bertz CT molecular complexity index is 853. The fourth-order valence-corrected chi connectivity index (χ4v) is 3.43. The second-order valence-corrected chi connectivity index (χ2v) is 6.60. The number of benzene rings is 1. The molecule has 0 bridgehead atoms. The van der Waals surface area contributed by atoms with Crippen LogP contribution in [0.1, 0.15) is 34.3 Å². The third-order valence-electron chi connectivity index (χ3n) is 4.96. The van der Waals surface area contributed by atoms with Crippen molar-refractivity contribution in [1.82, 2.24) is 9.47 Å². The minimum absolute atomic E-state index is 0.0377. The number of likely N-dealkylation sites (tertiary alicyclic amines) is 1. The molecule has 6 heteroatoms. The SMILES string of the molecule is COC(=O)c1c(C)c(CCN2CCCC2)cn(-c2ccc(F)cc2)c1=O. The largest absolute Gasteiger partial charge is 0.465 e. The van der Waals surface area contributed by atoms with Gasteiger partial charge in [0.05, 0.1) is 7.11 Å². The lowest BCUT2D eigenvalue weighted by Gasteiger charge is -2.18. The molecule has 0 N–H and O–H groups in total. The second kappa shape index (κ2) is 7.83. The third-order valence-corrected chi connectivity index (χ3v) is 4.96. The van der Waals surface area contributed by atoms with Gasteiger partial charge in [-0.1, -0.05) is 0 Å². The van der Waals surface area contributed by atoms with Crippen LogP contribution in [-0.2, 0) is 11.2 Å². The molecule has 1 aromatic carbocycles. The molecule has 1 fully saturated rings. The quantitative estimate of drug-likeness (QED) is 0.771. The molecular weight excluding hydrogens is 335 g/mol. The fourth-order valence-electron chi connectivity index (χ4n) is 3.43. The summed E-state index contributed by atoms with van der Waals surface area (Å²) in [7, 11) is 1.26. The van der Waals surface area contributed by atoms with Crippen LogP contribution in [-0.4, -0.2) is 42.2 Å². The van der Waals surface area contributed by atoms with Crippen molar-refractivity contribution in [3.63, 3.8) is 0 Å². The Morgan fingerprint density at radius 3 is 2.46 bits per heavy atom. The highest BCUT2D eigenvalue weighted by molar-refractivity contribution is 5.91. The summed E-state index contributed by atoms with van der Waals surface area (Å²) in [5.74, 6) is -1.03. The van der Waals surface area contributed by atoms with Gasteiger partial charge in [-0.15, -0.1) is 0 Å². The lowest BCUT2D eigenvalue weighted by molar-refractivity contribution is 0.0597. The lowest BCUT2D eigenvalue weighted by Crippen LogP contribution is -2.29. The predicted molar refractivity (Wildman–Crippen MR) is 97.5 cm³/mol. The molecule has 0 amide bonds. The number of carbonyl (C=O) groups is 1. The molecule has 2 heterocycles. The first-order valence-electron chi connectivity index (χ1n) is 8.83. The third kappa shape index (κ3) is 3.70. The zero-order valence-electron chi connectivity index (χ0n) is 15.1. The van der Waals surface area contributed by atoms with Crippen molar-refractivity contribution < 1.29 is 13.9 Å². The predicted octanol–water partition coefficient (Wildman–Crippen LogP) is 2.71. The van der Waals surface area contributed by atoms with Crippen molar-refractivity contribution in [3.05, 3.63) is 63.3 Å². The molecule has 2 aromatic rings. The van der Waals surface area contributed by atoms with Gasteiger partial charge in [-0.25, -0.2) is 9.18 Å². The van der Waals surface area contributed by atoms with E-state index < -0.39 is 11.5 Å². The Labute approximate surface area is 152 Å². The number of methoxy groups -OCH3 is 1. The number of hydrogen-bond donors (Lipinski definition) is 0. The highest BCUT2D eigenvalue weighted by Crippen LogP contribution is 2.17. The summed E-state index contributed by atoms with van der Waals surface area (Å²) in [6.45, 7) is 4.83. The number of aromatic nitrogens is 1. The molecule has 0 aliphatic carbocycles. The number of ether oxygens (including phenoxy) is 1. The van der Waals surface area contributed by atoms with Gasteiger partial charge >= 0.3 is 5.97 Å². The van der Waals surface area contributed by atoms with Gasteiger partial charge in [0.2, 0.25) is 0 Å². The van der Waals surface area contributed by atoms with Crippen molar-refractivity contribution in [2.24, 2.45) is 0 Å². The smallest absolute Gasteiger partial charge is 0.343 e. The van der Waals surface area contributed by atoms with Crippen LogP contribution < -0.4 is 5.56 Å². The van der Waals surface area contributed by atoms with Crippen molar-refractivity contribution in [1.29, 1.82) is 0 Å². The van der Waals surface area contributed by atoms with E-state index in [2.05, 4.69) is 4.90 Å². The van der Waals surface area contributed by atoms with Gasteiger partial charge in [-0.05, 0) is 74.7 Å². The molecule has 0 radical (unpaired) electrons. The minimum Gasteiger partial charge on any atom is -0.465 e. The highest BCUT2D eigenvalue weighted by Gasteiger charge is 2.21. The summed E-state index contributed by atoms with van der Waals surface area (Å²) in [6, 6.07) is 5.64. The van der Waals surface area contributed by atoms with Crippen molar-refractivity contribution in [2.45, 2.75) is 26.2 Å². The monoisotopic (exact) mass is 358 g/mol. The molecule has 0 saturated carbocycles. The van der Waals surface area contributed by atoms with Crippen LogP contribution in [0.25, 0.3) is 5.69 Å². The van der Waals surface area contributed by atoms with Gasteiger partial charge in [-0.3, -0.25) is 9.36 Å². The first-order chi connectivity index (χ1) is 12.5. The summed E-state index contributed by atoms with van der Waals surface area (Å²) in [5.41, 5.74) is 1.67. The van der Waals surface area contributed by atoms with Crippen LogP contribution >= 0.6 is 0 Å². The van der Waals surface area contributed by atoms with Gasteiger partial charge in [0.15, 0.2) is 0 Å². The maximum atomic E-state index is 13.2. The molecule has 1 saturated heterocycles. The van der Waals surface area contributed by atoms with Crippen LogP contribution in [0.4, 0.5) is 4.39 Å². The Balaban J connectivity index is 2.04. The number of esters is 1. The Morgan fingerprint density at radius 1 is 1.19 bits per heavy atom. The number of carbonyl (C=O) groups excluding carboxylic acids is 1. The van der Waals surface area contributed by atoms with Gasteiger partial charge in [-0.2, -0.15) is 0 Å². The van der Waals surface area contributed by atoms with E-state index in [9.17, 15) is 14.0 Å². The normalized spacial score (nSPS) is 14.6. The van der Waals surface area contributed by atoms with Gasteiger partial charge in [0.1, 0.15) is 11.4 Å². The summed E-state index contributed by atoms with van der Waals surface area (Å²) in [6.07, 6.45) is 4.91. The van der Waals surface area contributed by atoms with E-state index in [1.54, 1.807) is 13.1 Å². The lowest BCUT2D eigenvalue weighted by atomic mass is 10.0. The van der Waals surface area contributed by atoms with Crippen molar-refractivity contribution in [3.8, 4) is 5.69 Å². The molecule has 3 rings (SSSR count). The zero-order chi connectivity index (χ0) is 18.7. The average molecular weight is 358 g/mol. The van der Waals surface area contributed by atoms with E-state index in [0.29, 0.717) is 11.3 Å². The standard InChI is InChI=1S/C20H23FN2O3/c1-14-15(9-12-22-10-3-4-11-22)13-23(17-7-5-16(21)6-8-17)19(24)18(14)20(25)26-2/h5-8,13H,3-4,9-12H2,1-2H3. The second-order valence-electron chi connectivity index (χ2n) is 6.60.